The van der Waals surface area contributed by atoms with Crippen LogP contribution in [0.5, 0.6) is 0 Å². The second-order valence-electron chi connectivity index (χ2n) is 6.53. The summed E-state index contributed by atoms with van der Waals surface area (Å²) in [4.78, 5) is 4.14. The van der Waals surface area contributed by atoms with Gasteiger partial charge in [0.25, 0.3) is 0 Å². The van der Waals surface area contributed by atoms with Gasteiger partial charge < -0.3 is 9.15 Å². The lowest BCUT2D eigenvalue weighted by atomic mass is 9.91. The van der Waals surface area contributed by atoms with Gasteiger partial charge in [-0.3, -0.25) is 9.67 Å². The van der Waals surface area contributed by atoms with Crippen molar-refractivity contribution in [3.05, 3.63) is 59.3 Å². The summed E-state index contributed by atoms with van der Waals surface area (Å²) >= 11 is 0. The molecule has 7 nitrogen and oxygen atoms in total. The molecule has 0 aliphatic carbocycles. The lowest BCUT2D eigenvalue weighted by molar-refractivity contribution is -0.00908. The van der Waals surface area contributed by atoms with Gasteiger partial charge in [0.2, 0.25) is 11.8 Å². The summed E-state index contributed by atoms with van der Waals surface area (Å²) < 4.78 is 13.7. The highest BCUT2D eigenvalue weighted by molar-refractivity contribution is 5.67. The smallest absolute Gasteiger partial charge is 0.240 e. The number of pyridine rings is 1. The van der Waals surface area contributed by atoms with Crippen LogP contribution in [0, 0.1) is 6.92 Å². The molecule has 2 atom stereocenters. The highest BCUT2D eigenvalue weighted by Crippen LogP contribution is 2.40. The average molecular weight is 351 g/mol. The Morgan fingerprint density at radius 1 is 1.23 bits per heavy atom. The Labute approximate surface area is 151 Å². The van der Waals surface area contributed by atoms with E-state index in [1.807, 2.05) is 50.8 Å². The van der Waals surface area contributed by atoms with Gasteiger partial charge in [-0.1, -0.05) is 0 Å². The van der Waals surface area contributed by atoms with Crippen LogP contribution in [-0.2, 0) is 11.8 Å². The number of hydrogen-bond donors (Lipinski definition) is 0. The Morgan fingerprint density at radius 2 is 2.15 bits per heavy atom. The summed E-state index contributed by atoms with van der Waals surface area (Å²) in [5.74, 6) is 1.14. The van der Waals surface area contributed by atoms with E-state index in [1.54, 1.807) is 10.9 Å². The molecule has 0 bridgehead atoms. The lowest BCUT2D eigenvalue weighted by Gasteiger charge is -2.28. The van der Waals surface area contributed by atoms with Crippen molar-refractivity contribution < 1.29 is 9.15 Å². The van der Waals surface area contributed by atoms with Gasteiger partial charge in [0.05, 0.1) is 18.2 Å². The number of aromatic nitrogens is 5. The molecule has 0 amide bonds. The van der Waals surface area contributed by atoms with Gasteiger partial charge in [-0.2, -0.15) is 5.10 Å². The molecule has 0 radical (unpaired) electrons. The Bertz CT molecular complexity index is 914. The van der Waals surface area contributed by atoms with Gasteiger partial charge >= 0.3 is 0 Å². The van der Waals surface area contributed by atoms with E-state index in [4.69, 9.17) is 9.15 Å². The van der Waals surface area contributed by atoms with Gasteiger partial charge in [0.15, 0.2) is 0 Å². The highest BCUT2D eigenvalue weighted by Gasteiger charge is 2.33. The molecule has 0 aromatic carbocycles. The van der Waals surface area contributed by atoms with Crippen LogP contribution in [0.2, 0.25) is 0 Å². The monoisotopic (exact) mass is 351 g/mol. The highest BCUT2D eigenvalue weighted by atomic mass is 16.5. The van der Waals surface area contributed by atoms with Crippen molar-refractivity contribution in [3.63, 3.8) is 0 Å². The summed E-state index contributed by atoms with van der Waals surface area (Å²) in [6.45, 7) is 2.77. The van der Waals surface area contributed by atoms with Crippen LogP contribution in [-0.4, -0.2) is 31.6 Å². The molecule has 7 heteroatoms. The summed E-state index contributed by atoms with van der Waals surface area (Å²) in [5, 5.41) is 12.7. The molecular formula is C19H21N5O2. The molecule has 0 N–H and O–H groups in total. The molecule has 1 aliphatic rings. The number of ether oxygens (including phenoxy) is 1. The number of nitrogens with zero attached hydrogens (tertiary/aromatic N) is 5. The SMILES string of the molecule is Cc1ccncc1C=Cc1nnc([C@@H]2CCCO[C@H]2c2cnn(C)c2)o1. The first-order chi connectivity index (χ1) is 12.7. The molecule has 4 heterocycles. The zero-order valence-corrected chi connectivity index (χ0v) is 14.9. The number of hydrogen-bond acceptors (Lipinski definition) is 6. The third-order valence-electron chi connectivity index (χ3n) is 4.63. The molecule has 1 fully saturated rings. The van der Waals surface area contributed by atoms with Crippen LogP contribution in [0.25, 0.3) is 12.2 Å². The van der Waals surface area contributed by atoms with E-state index in [9.17, 15) is 0 Å². The largest absolute Gasteiger partial charge is 0.421 e. The maximum absolute atomic E-state index is 5.99. The van der Waals surface area contributed by atoms with Crippen molar-refractivity contribution in [2.45, 2.75) is 31.8 Å². The minimum absolute atomic E-state index is 0.0442. The fraction of sp³-hybridized carbons (Fsp3) is 0.368. The topological polar surface area (TPSA) is 78.9 Å². The molecule has 1 aliphatic heterocycles. The van der Waals surface area contributed by atoms with Crippen LogP contribution >= 0.6 is 0 Å². The fourth-order valence-electron chi connectivity index (χ4n) is 3.23. The van der Waals surface area contributed by atoms with Gasteiger partial charge in [-0.15, -0.1) is 10.2 Å². The van der Waals surface area contributed by atoms with E-state index < -0.39 is 0 Å². The van der Waals surface area contributed by atoms with E-state index >= 15 is 0 Å². The van der Waals surface area contributed by atoms with E-state index in [1.165, 1.54) is 0 Å². The maximum Gasteiger partial charge on any atom is 0.240 e. The van der Waals surface area contributed by atoms with Crippen LogP contribution in [0.15, 0.2) is 35.3 Å². The van der Waals surface area contributed by atoms with Gasteiger partial charge in [-0.05, 0) is 43.0 Å². The summed E-state index contributed by atoms with van der Waals surface area (Å²) in [6, 6.07) is 1.97. The summed E-state index contributed by atoms with van der Waals surface area (Å²) in [6.07, 6.45) is 13.0. The van der Waals surface area contributed by atoms with Gasteiger partial charge in [0, 0.05) is 43.9 Å². The quantitative estimate of drug-likeness (QED) is 0.717. The minimum Gasteiger partial charge on any atom is -0.421 e. The molecule has 3 aromatic heterocycles. The van der Waals surface area contributed by atoms with E-state index in [-0.39, 0.29) is 12.0 Å². The molecule has 0 spiro atoms. The normalized spacial score (nSPS) is 20.7. The molecule has 26 heavy (non-hydrogen) atoms. The lowest BCUT2D eigenvalue weighted by Crippen LogP contribution is -2.21. The first-order valence-corrected chi connectivity index (χ1v) is 8.73. The van der Waals surface area contributed by atoms with Crippen molar-refractivity contribution in [1.82, 2.24) is 25.0 Å². The fourth-order valence-corrected chi connectivity index (χ4v) is 3.23. The van der Waals surface area contributed by atoms with E-state index in [0.717, 1.165) is 36.1 Å². The number of aryl methyl sites for hydroxylation is 2. The Hall–Kier alpha value is -2.80. The first kappa shape index (κ1) is 16.7. The molecule has 3 aromatic rings. The van der Waals surface area contributed by atoms with Crippen molar-refractivity contribution >= 4 is 12.2 Å². The molecule has 0 unspecified atom stereocenters. The van der Waals surface area contributed by atoms with Crippen molar-refractivity contribution in [2.24, 2.45) is 7.05 Å². The average Bonchev–Trinajstić information content (AvgIpc) is 3.30. The standard InChI is InChI=1S/C19H21N5O2/c1-13-7-8-20-10-14(13)5-6-17-22-23-19(26-17)16-4-3-9-25-18(16)15-11-21-24(2)12-15/h5-8,10-12,16,18H,3-4,9H2,1-2H3/t16-,18+/m1/s1. The third kappa shape index (κ3) is 3.43. The summed E-state index contributed by atoms with van der Waals surface area (Å²) in [7, 11) is 1.90. The predicted octanol–water partition coefficient (Wildman–Crippen LogP) is 3.31. The zero-order chi connectivity index (χ0) is 17.9. The molecule has 0 saturated carbocycles. The van der Waals surface area contributed by atoms with Gasteiger partial charge in [-0.25, -0.2) is 0 Å². The van der Waals surface area contributed by atoms with Crippen LogP contribution in [0.4, 0.5) is 0 Å². The minimum atomic E-state index is -0.102. The molecular weight excluding hydrogens is 330 g/mol. The second-order valence-corrected chi connectivity index (χ2v) is 6.53. The van der Waals surface area contributed by atoms with Crippen molar-refractivity contribution in [1.29, 1.82) is 0 Å². The molecule has 134 valence electrons. The maximum atomic E-state index is 5.99. The summed E-state index contributed by atoms with van der Waals surface area (Å²) in [5.41, 5.74) is 3.22. The van der Waals surface area contributed by atoms with Crippen LogP contribution in [0.1, 0.15) is 53.3 Å². The third-order valence-corrected chi connectivity index (χ3v) is 4.63. The van der Waals surface area contributed by atoms with Crippen LogP contribution in [0.3, 0.4) is 0 Å². The number of rotatable bonds is 4. The second kappa shape index (κ2) is 7.21. The molecule has 1 saturated heterocycles. The Morgan fingerprint density at radius 3 is 2.96 bits per heavy atom. The van der Waals surface area contributed by atoms with Crippen LogP contribution < -0.4 is 0 Å². The predicted molar refractivity (Wildman–Crippen MR) is 96.1 cm³/mol. The van der Waals surface area contributed by atoms with Crippen molar-refractivity contribution in [3.8, 4) is 0 Å². The van der Waals surface area contributed by atoms with Crippen molar-refractivity contribution in [2.75, 3.05) is 6.61 Å². The Balaban J connectivity index is 1.55. The molecule has 4 rings (SSSR count). The first-order valence-electron chi connectivity index (χ1n) is 8.73. The Kier molecular flexibility index (Phi) is 4.62. The van der Waals surface area contributed by atoms with Gasteiger partial charge in [0.1, 0.15) is 0 Å². The van der Waals surface area contributed by atoms with E-state index in [0.29, 0.717) is 11.8 Å². The zero-order valence-electron chi connectivity index (χ0n) is 14.9. The van der Waals surface area contributed by atoms with E-state index in [2.05, 4.69) is 20.3 Å².